The van der Waals surface area contributed by atoms with Crippen LogP contribution in [0, 0.1) is 0 Å². The van der Waals surface area contributed by atoms with Gasteiger partial charge < -0.3 is 19.0 Å². The van der Waals surface area contributed by atoms with E-state index in [0.717, 1.165) is 37.9 Å². The van der Waals surface area contributed by atoms with Crippen molar-refractivity contribution in [3.63, 3.8) is 0 Å². The number of aliphatic hydroxyl groups is 1. The number of aliphatic hydroxyl groups excluding tert-OH is 1. The van der Waals surface area contributed by atoms with Crippen molar-refractivity contribution in [2.45, 2.75) is 95.6 Å². The Hall–Kier alpha value is -0.203. The monoisotopic (exact) mass is 342 g/mol. The molecule has 1 aliphatic heterocycles. The average molecular weight is 343 g/mol. The molecule has 0 aromatic heterocycles. The van der Waals surface area contributed by atoms with Gasteiger partial charge in [-0.2, -0.15) is 0 Å². The second-order valence-electron chi connectivity index (χ2n) is 8.48. The van der Waals surface area contributed by atoms with Crippen molar-refractivity contribution in [3.05, 3.63) is 12.2 Å². The number of rotatable bonds is 4. The Kier molecular flexibility index (Phi) is 6.12. The van der Waals surface area contributed by atoms with Crippen LogP contribution in [0.2, 0.25) is 18.1 Å². The van der Waals surface area contributed by atoms with Gasteiger partial charge in [-0.3, -0.25) is 0 Å². The zero-order chi connectivity index (χ0) is 17.3. The average Bonchev–Trinajstić information content (AvgIpc) is 2.44. The molecule has 2 fully saturated rings. The minimum Gasteiger partial charge on any atom is -0.410 e. The highest BCUT2D eigenvalue weighted by Crippen LogP contribution is 2.40. The van der Waals surface area contributed by atoms with Crippen LogP contribution < -0.4 is 0 Å². The van der Waals surface area contributed by atoms with Gasteiger partial charge in [-0.15, -0.1) is 0 Å². The molecule has 5 heteroatoms. The summed E-state index contributed by atoms with van der Waals surface area (Å²) in [5.74, 6) is 0. The van der Waals surface area contributed by atoms with Gasteiger partial charge in [0.25, 0.3) is 0 Å². The van der Waals surface area contributed by atoms with Gasteiger partial charge in [-0.25, -0.2) is 0 Å². The molecule has 0 spiro atoms. The summed E-state index contributed by atoms with van der Waals surface area (Å²) in [6, 6.07) is 0. The van der Waals surface area contributed by atoms with Crippen LogP contribution in [-0.4, -0.2) is 44.6 Å². The fourth-order valence-corrected chi connectivity index (χ4v) is 4.21. The summed E-state index contributed by atoms with van der Waals surface area (Å²) in [7, 11) is -1.90. The minimum atomic E-state index is -1.90. The molecule has 4 nitrogen and oxygen atoms in total. The summed E-state index contributed by atoms with van der Waals surface area (Å²) >= 11 is 0. The van der Waals surface area contributed by atoms with Gasteiger partial charge in [-0.1, -0.05) is 27.4 Å². The Balaban J connectivity index is 1.99. The number of hydrogen-bond acceptors (Lipinski definition) is 4. The predicted molar refractivity (Wildman–Crippen MR) is 94.9 cm³/mol. The van der Waals surface area contributed by atoms with Crippen LogP contribution in [0.15, 0.2) is 12.2 Å². The second kappa shape index (κ2) is 7.36. The molecule has 1 saturated carbocycles. The second-order valence-corrected chi connectivity index (χ2v) is 13.2. The fourth-order valence-electron chi connectivity index (χ4n) is 2.90. The molecule has 1 unspecified atom stereocenters. The first-order valence-electron chi connectivity index (χ1n) is 8.92. The van der Waals surface area contributed by atoms with Crippen molar-refractivity contribution in [2.24, 2.45) is 0 Å². The minimum absolute atomic E-state index is 0.0200. The maximum absolute atomic E-state index is 10.4. The van der Waals surface area contributed by atoms with Crippen LogP contribution in [-0.2, 0) is 13.9 Å². The van der Waals surface area contributed by atoms with Crippen molar-refractivity contribution < 1.29 is 19.0 Å². The first-order valence-corrected chi connectivity index (χ1v) is 11.8. The molecule has 1 saturated heterocycles. The maximum Gasteiger partial charge on any atom is 0.192 e. The third-order valence-corrected chi connectivity index (χ3v) is 10.0. The Morgan fingerprint density at radius 1 is 1.22 bits per heavy atom. The lowest BCUT2D eigenvalue weighted by molar-refractivity contribution is -0.200. The van der Waals surface area contributed by atoms with Crippen LogP contribution in [0.5, 0.6) is 0 Å². The molecule has 1 aliphatic carbocycles. The molecule has 0 amide bonds. The molecule has 0 aromatic carbocycles. The van der Waals surface area contributed by atoms with Crippen LogP contribution in [0.4, 0.5) is 0 Å². The molecular formula is C18H34O4Si. The summed E-state index contributed by atoms with van der Waals surface area (Å²) in [6.45, 7) is 16.0. The van der Waals surface area contributed by atoms with E-state index in [1.54, 1.807) is 0 Å². The zero-order valence-electron chi connectivity index (χ0n) is 15.4. The van der Waals surface area contributed by atoms with E-state index in [0.29, 0.717) is 6.42 Å². The summed E-state index contributed by atoms with van der Waals surface area (Å²) in [4.78, 5) is 0. The molecule has 0 radical (unpaired) electrons. The third-order valence-electron chi connectivity index (χ3n) is 5.53. The van der Waals surface area contributed by atoms with Crippen LogP contribution >= 0.6 is 0 Å². The quantitative estimate of drug-likeness (QED) is 0.620. The lowest BCUT2D eigenvalue weighted by Crippen LogP contribution is -2.48. The topological polar surface area (TPSA) is 47.9 Å². The van der Waals surface area contributed by atoms with E-state index >= 15 is 0 Å². The Labute approximate surface area is 142 Å². The molecule has 1 N–H and O–H groups in total. The van der Waals surface area contributed by atoms with Crippen molar-refractivity contribution in [1.29, 1.82) is 0 Å². The van der Waals surface area contributed by atoms with E-state index in [1.165, 1.54) is 0 Å². The molecule has 23 heavy (non-hydrogen) atoms. The summed E-state index contributed by atoms with van der Waals surface area (Å²) in [5.41, 5.74) is 0.805. The van der Waals surface area contributed by atoms with Crippen molar-refractivity contribution >= 4 is 8.32 Å². The van der Waals surface area contributed by atoms with Crippen LogP contribution in [0.1, 0.15) is 52.9 Å². The molecule has 0 aromatic rings. The first-order chi connectivity index (χ1) is 10.6. The highest BCUT2D eigenvalue weighted by Gasteiger charge is 2.42. The molecule has 0 bridgehead atoms. The largest absolute Gasteiger partial charge is 0.410 e. The SMILES string of the molecule is C=C1[C@H](O)C[C@@H](OC2CCCCO2)C[C@H]1O[Si](C)(C)C(C)(C)C. The summed E-state index contributed by atoms with van der Waals surface area (Å²) in [6.07, 6.45) is 3.76. The predicted octanol–water partition coefficient (Wildman–Crippen LogP) is 4.00. The zero-order valence-corrected chi connectivity index (χ0v) is 16.4. The van der Waals surface area contributed by atoms with E-state index in [4.69, 9.17) is 13.9 Å². The van der Waals surface area contributed by atoms with Gasteiger partial charge in [0.2, 0.25) is 0 Å². The molecular weight excluding hydrogens is 308 g/mol. The van der Waals surface area contributed by atoms with E-state index in [9.17, 15) is 5.11 Å². The fraction of sp³-hybridized carbons (Fsp3) is 0.889. The van der Waals surface area contributed by atoms with Gasteiger partial charge in [-0.05, 0) is 43.0 Å². The van der Waals surface area contributed by atoms with E-state index in [1.807, 2.05) is 0 Å². The Bertz CT molecular complexity index is 410. The van der Waals surface area contributed by atoms with Crippen LogP contribution in [0.3, 0.4) is 0 Å². The molecule has 2 aliphatic rings. The number of ether oxygens (including phenoxy) is 2. The van der Waals surface area contributed by atoms with Gasteiger partial charge in [0.05, 0.1) is 18.3 Å². The summed E-state index contributed by atoms with van der Waals surface area (Å²) in [5, 5.41) is 10.5. The van der Waals surface area contributed by atoms with Crippen LogP contribution in [0.25, 0.3) is 0 Å². The van der Waals surface area contributed by atoms with Gasteiger partial charge in [0.1, 0.15) is 0 Å². The normalized spacial score (nSPS) is 33.7. The summed E-state index contributed by atoms with van der Waals surface area (Å²) < 4.78 is 18.3. The standard InChI is InChI=1S/C18H34O4Si/c1-13-15(19)11-14(21-17-9-7-8-10-20-17)12-16(13)22-23(5,6)18(2,3)4/h14-17,19H,1,7-12H2,2-6H3/t14-,15-,16-,17?/m1/s1. The first kappa shape index (κ1) is 19.1. The Morgan fingerprint density at radius 3 is 2.48 bits per heavy atom. The third kappa shape index (κ3) is 4.89. The smallest absolute Gasteiger partial charge is 0.192 e. The van der Waals surface area contributed by atoms with Gasteiger partial charge in [0, 0.05) is 19.4 Å². The van der Waals surface area contributed by atoms with E-state index in [-0.39, 0.29) is 23.5 Å². The van der Waals surface area contributed by atoms with Gasteiger partial charge >= 0.3 is 0 Å². The van der Waals surface area contributed by atoms with E-state index < -0.39 is 14.4 Å². The Morgan fingerprint density at radius 2 is 1.91 bits per heavy atom. The number of hydrogen-bond donors (Lipinski definition) is 1. The molecule has 1 heterocycles. The highest BCUT2D eigenvalue weighted by atomic mass is 28.4. The molecule has 134 valence electrons. The lowest BCUT2D eigenvalue weighted by atomic mass is 9.88. The highest BCUT2D eigenvalue weighted by molar-refractivity contribution is 6.74. The van der Waals surface area contributed by atoms with E-state index in [2.05, 4.69) is 40.4 Å². The van der Waals surface area contributed by atoms with Gasteiger partial charge in [0.15, 0.2) is 14.6 Å². The van der Waals surface area contributed by atoms with Crippen molar-refractivity contribution in [3.8, 4) is 0 Å². The molecule has 2 rings (SSSR count). The van der Waals surface area contributed by atoms with Crippen molar-refractivity contribution in [1.82, 2.24) is 0 Å². The molecule has 4 atom stereocenters. The van der Waals surface area contributed by atoms with Crippen molar-refractivity contribution in [2.75, 3.05) is 6.61 Å². The maximum atomic E-state index is 10.4. The lowest BCUT2D eigenvalue weighted by Gasteiger charge is -2.43.